The number of pyridine rings is 2. The summed E-state index contributed by atoms with van der Waals surface area (Å²) >= 11 is 3.35. The molecule has 0 spiro atoms. The predicted octanol–water partition coefficient (Wildman–Crippen LogP) is 4.20. The van der Waals surface area contributed by atoms with E-state index in [0.29, 0.717) is 35.5 Å². The van der Waals surface area contributed by atoms with Gasteiger partial charge in [0.1, 0.15) is 6.61 Å². The zero-order valence-corrected chi connectivity index (χ0v) is 19.8. The number of cyclic esters (lactones) is 1. The highest BCUT2D eigenvalue weighted by molar-refractivity contribution is 9.09. The number of unbranched alkanes of at least 4 members (excludes halogenated alkanes) is 1. The molecular formula is C25H23BrN2O5. The second-order valence-corrected chi connectivity index (χ2v) is 9.17. The van der Waals surface area contributed by atoms with Crippen LogP contribution in [0.5, 0.6) is 0 Å². The third kappa shape index (κ3) is 3.47. The molecule has 8 heteroatoms. The molecule has 2 aliphatic heterocycles. The molecule has 7 nitrogen and oxygen atoms in total. The summed E-state index contributed by atoms with van der Waals surface area (Å²) in [5, 5.41) is 1.79. The molecule has 0 saturated carbocycles. The Morgan fingerprint density at radius 1 is 1.24 bits per heavy atom. The maximum absolute atomic E-state index is 13.5. The Morgan fingerprint density at radius 2 is 2.06 bits per heavy atom. The molecule has 0 bridgehead atoms. The second kappa shape index (κ2) is 8.41. The van der Waals surface area contributed by atoms with E-state index in [-0.39, 0.29) is 25.0 Å². The SMILES string of the molecule is CC[C@@]1(OC(=O)CCCCBr)C(=O)OCc2c1cc1n(c2=O)Cc2cc3ccccc3nc2-1. The van der Waals surface area contributed by atoms with Gasteiger partial charge in [0.2, 0.25) is 5.60 Å². The summed E-state index contributed by atoms with van der Waals surface area (Å²) in [5.41, 5.74) is 1.99. The largest absolute Gasteiger partial charge is 0.457 e. The van der Waals surface area contributed by atoms with E-state index in [1.807, 2.05) is 30.3 Å². The van der Waals surface area contributed by atoms with Gasteiger partial charge in [0.15, 0.2) is 0 Å². The monoisotopic (exact) mass is 510 g/mol. The highest BCUT2D eigenvalue weighted by Crippen LogP contribution is 2.41. The van der Waals surface area contributed by atoms with Crippen LogP contribution >= 0.6 is 15.9 Å². The Hall–Kier alpha value is -3.00. The lowest BCUT2D eigenvalue weighted by Gasteiger charge is -2.35. The molecule has 2 aliphatic rings. The number of fused-ring (bicyclic) bond motifs is 5. The number of halogens is 1. The van der Waals surface area contributed by atoms with Crippen LogP contribution in [0.25, 0.3) is 22.3 Å². The maximum Gasteiger partial charge on any atom is 0.355 e. The Morgan fingerprint density at radius 3 is 2.85 bits per heavy atom. The Bertz CT molecular complexity index is 1350. The van der Waals surface area contributed by atoms with Crippen molar-refractivity contribution in [3.63, 3.8) is 0 Å². The molecule has 0 N–H and O–H groups in total. The lowest BCUT2D eigenvalue weighted by atomic mass is 9.85. The fourth-order valence-corrected chi connectivity index (χ4v) is 5.09. The van der Waals surface area contributed by atoms with Crippen LogP contribution in [0.1, 0.15) is 49.3 Å². The van der Waals surface area contributed by atoms with Crippen LogP contribution in [0.4, 0.5) is 0 Å². The first-order valence-corrected chi connectivity index (χ1v) is 12.2. The standard InChI is InChI=1S/C25H23BrN2O5/c1-2-25(33-21(29)9-5-6-10-26)18-12-20-22-16(11-15-7-3-4-8-19(15)27-22)13-28(20)23(30)17(18)14-32-24(25)31/h3-4,7-8,11-12H,2,5-6,9-10,13-14H2,1H3/t25-/m0/s1. The van der Waals surface area contributed by atoms with Crippen molar-refractivity contribution in [1.82, 2.24) is 9.55 Å². The van der Waals surface area contributed by atoms with Gasteiger partial charge in [-0.3, -0.25) is 9.59 Å². The molecule has 170 valence electrons. The number of nitrogens with zero attached hydrogens (tertiary/aromatic N) is 2. The average molecular weight is 511 g/mol. The molecule has 0 saturated heterocycles. The van der Waals surface area contributed by atoms with E-state index < -0.39 is 17.5 Å². The molecule has 0 aliphatic carbocycles. The summed E-state index contributed by atoms with van der Waals surface area (Å²) < 4.78 is 12.8. The van der Waals surface area contributed by atoms with E-state index in [1.54, 1.807) is 17.6 Å². The minimum atomic E-state index is -1.63. The molecule has 0 fully saturated rings. The molecule has 1 atom stereocenters. The molecule has 0 radical (unpaired) electrons. The fourth-order valence-electron chi connectivity index (χ4n) is 4.69. The Labute approximate surface area is 198 Å². The van der Waals surface area contributed by atoms with E-state index in [4.69, 9.17) is 14.5 Å². The first-order valence-electron chi connectivity index (χ1n) is 11.1. The van der Waals surface area contributed by atoms with Crippen molar-refractivity contribution in [2.45, 2.75) is 51.4 Å². The topological polar surface area (TPSA) is 87.5 Å². The number of alkyl halides is 1. The number of aromatic nitrogens is 2. The Balaban J connectivity index is 1.64. The summed E-state index contributed by atoms with van der Waals surface area (Å²) in [6.07, 6.45) is 1.82. The van der Waals surface area contributed by atoms with Gasteiger partial charge in [0.25, 0.3) is 5.56 Å². The number of para-hydroxylation sites is 1. The van der Waals surface area contributed by atoms with E-state index in [2.05, 4.69) is 15.9 Å². The van der Waals surface area contributed by atoms with E-state index in [1.165, 1.54) is 0 Å². The van der Waals surface area contributed by atoms with Crippen molar-refractivity contribution in [2.75, 3.05) is 5.33 Å². The number of ether oxygens (including phenoxy) is 2. The normalized spacial score (nSPS) is 18.4. The second-order valence-electron chi connectivity index (χ2n) is 8.38. The Kier molecular flexibility index (Phi) is 5.56. The minimum Gasteiger partial charge on any atom is -0.457 e. The van der Waals surface area contributed by atoms with Gasteiger partial charge in [-0.05, 0) is 37.5 Å². The van der Waals surface area contributed by atoms with Crippen LogP contribution in [-0.4, -0.2) is 26.8 Å². The van der Waals surface area contributed by atoms with Gasteiger partial charge < -0.3 is 14.0 Å². The van der Waals surface area contributed by atoms with Crippen LogP contribution in [0.15, 0.2) is 41.2 Å². The van der Waals surface area contributed by atoms with Crippen molar-refractivity contribution in [3.05, 3.63) is 63.4 Å². The average Bonchev–Trinajstić information content (AvgIpc) is 3.17. The van der Waals surface area contributed by atoms with Gasteiger partial charge in [-0.15, -0.1) is 0 Å². The summed E-state index contributed by atoms with van der Waals surface area (Å²) in [6.45, 7) is 2.02. The lowest BCUT2D eigenvalue weighted by Crippen LogP contribution is -2.47. The van der Waals surface area contributed by atoms with E-state index in [9.17, 15) is 14.4 Å². The smallest absolute Gasteiger partial charge is 0.355 e. The third-order valence-electron chi connectivity index (χ3n) is 6.44. The van der Waals surface area contributed by atoms with Crippen molar-refractivity contribution >= 4 is 38.8 Å². The minimum absolute atomic E-state index is 0.137. The summed E-state index contributed by atoms with van der Waals surface area (Å²) in [7, 11) is 0. The zero-order valence-electron chi connectivity index (χ0n) is 18.2. The van der Waals surface area contributed by atoms with Crippen LogP contribution in [0, 0.1) is 0 Å². The molecule has 3 aromatic rings. The molecular weight excluding hydrogens is 488 g/mol. The lowest BCUT2D eigenvalue weighted by molar-refractivity contribution is -0.189. The summed E-state index contributed by atoms with van der Waals surface area (Å²) in [6, 6.07) is 11.6. The first-order chi connectivity index (χ1) is 16.0. The quantitative estimate of drug-likeness (QED) is 0.219. The van der Waals surface area contributed by atoms with Crippen LogP contribution in [-0.2, 0) is 37.8 Å². The number of hydrogen-bond donors (Lipinski definition) is 0. The van der Waals surface area contributed by atoms with Gasteiger partial charge in [0, 0.05) is 28.3 Å². The molecule has 2 aromatic heterocycles. The van der Waals surface area contributed by atoms with Crippen molar-refractivity contribution in [1.29, 1.82) is 0 Å². The van der Waals surface area contributed by atoms with E-state index >= 15 is 0 Å². The van der Waals surface area contributed by atoms with Gasteiger partial charge >= 0.3 is 11.9 Å². The van der Waals surface area contributed by atoms with Crippen molar-refractivity contribution < 1.29 is 19.1 Å². The van der Waals surface area contributed by atoms with Crippen LogP contribution in [0.2, 0.25) is 0 Å². The van der Waals surface area contributed by atoms with Crippen molar-refractivity contribution in [3.8, 4) is 11.4 Å². The number of hydrogen-bond acceptors (Lipinski definition) is 6. The highest BCUT2D eigenvalue weighted by atomic mass is 79.9. The molecule has 4 heterocycles. The molecule has 33 heavy (non-hydrogen) atoms. The van der Waals surface area contributed by atoms with Crippen LogP contribution < -0.4 is 5.56 Å². The van der Waals surface area contributed by atoms with E-state index in [0.717, 1.165) is 28.2 Å². The molecule has 5 rings (SSSR count). The predicted molar refractivity (Wildman–Crippen MR) is 126 cm³/mol. The molecule has 1 aromatic carbocycles. The maximum atomic E-state index is 13.5. The first kappa shape index (κ1) is 21.8. The number of carbonyl (C=O) groups is 2. The van der Waals surface area contributed by atoms with Crippen molar-refractivity contribution in [2.24, 2.45) is 0 Å². The number of rotatable bonds is 6. The van der Waals surface area contributed by atoms with Gasteiger partial charge in [-0.2, -0.15) is 0 Å². The highest BCUT2D eigenvalue weighted by Gasteiger charge is 2.50. The van der Waals surface area contributed by atoms with Crippen LogP contribution in [0.3, 0.4) is 0 Å². The third-order valence-corrected chi connectivity index (χ3v) is 7.00. The number of benzene rings is 1. The summed E-state index contributed by atoms with van der Waals surface area (Å²) in [4.78, 5) is 43.9. The fraction of sp³-hybridized carbons (Fsp3) is 0.360. The van der Waals surface area contributed by atoms with Gasteiger partial charge in [-0.1, -0.05) is 41.1 Å². The zero-order chi connectivity index (χ0) is 23.2. The molecule has 0 unspecified atom stereocenters. The van der Waals surface area contributed by atoms with Gasteiger partial charge in [0.05, 0.1) is 29.0 Å². The van der Waals surface area contributed by atoms with Gasteiger partial charge in [-0.25, -0.2) is 9.78 Å². The molecule has 0 amide bonds. The summed E-state index contributed by atoms with van der Waals surface area (Å²) in [5.74, 6) is -1.12. The number of carbonyl (C=O) groups excluding carboxylic acids is 2. The number of esters is 2.